The number of nitrogens with zero attached hydrogens (tertiary/aromatic N) is 1. The molecule has 25 heavy (non-hydrogen) atoms. The third kappa shape index (κ3) is 5.99. The fourth-order valence-corrected chi connectivity index (χ4v) is 3.58. The molecule has 0 saturated carbocycles. The summed E-state index contributed by atoms with van der Waals surface area (Å²) < 4.78 is 0. The highest BCUT2D eigenvalue weighted by atomic mass is 32.2. The maximum Gasteiger partial charge on any atom is 0.236 e. The van der Waals surface area contributed by atoms with E-state index in [1.54, 1.807) is 6.92 Å². The minimum absolute atomic E-state index is 0.0716. The van der Waals surface area contributed by atoms with Crippen LogP contribution in [-0.4, -0.2) is 34.1 Å². The fourth-order valence-electron chi connectivity index (χ4n) is 2.09. The lowest BCUT2D eigenvalue weighted by molar-refractivity contribution is -0.114. The summed E-state index contributed by atoms with van der Waals surface area (Å²) in [6, 6.07) is 7.52. The predicted molar refractivity (Wildman–Crippen MR) is 103 cm³/mol. The summed E-state index contributed by atoms with van der Waals surface area (Å²) >= 11 is 2.37. The van der Waals surface area contributed by atoms with Crippen LogP contribution in [0.2, 0.25) is 0 Å². The molecule has 0 saturated heterocycles. The highest BCUT2D eigenvalue weighted by Gasteiger charge is 2.13. The van der Waals surface area contributed by atoms with Crippen molar-refractivity contribution in [2.24, 2.45) is 0 Å². The van der Waals surface area contributed by atoms with Gasteiger partial charge in [0.25, 0.3) is 0 Å². The maximum atomic E-state index is 11.9. The number of thioether (sulfide) groups is 1. The molecule has 2 amide bonds. The van der Waals surface area contributed by atoms with E-state index in [9.17, 15) is 14.4 Å². The maximum absolute atomic E-state index is 11.9. The Morgan fingerprint density at radius 2 is 1.80 bits per heavy atom. The number of rotatable bonds is 7. The van der Waals surface area contributed by atoms with E-state index in [2.05, 4.69) is 15.6 Å². The van der Waals surface area contributed by atoms with E-state index < -0.39 is 0 Å². The van der Waals surface area contributed by atoms with E-state index in [0.29, 0.717) is 15.7 Å². The molecule has 2 aromatic rings. The van der Waals surface area contributed by atoms with Crippen LogP contribution in [-0.2, 0) is 9.59 Å². The number of amides is 2. The average Bonchev–Trinajstić information content (AvgIpc) is 2.87. The molecule has 8 heteroatoms. The second-order valence-electron chi connectivity index (χ2n) is 5.45. The average molecular weight is 377 g/mol. The predicted octanol–water partition coefficient (Wildman–Crippen LogP) is 3.27. The Morgan fingerprint density at radius 1 is 1.12 bits per heavy atom. The first-order chi connectivity index (χ1) is 11.8. The molecule has 2 rings (SSSR count). The molecule has 1 aromatic heterocycles. The molecule has 2 N–H and O–H groups in total. The number of carbonyl (C=O) groups is 3. The molecule has 0 aliphatic rings. The molecule has 132 valence electrons. The number of aryl methyl sites for hydroxylation is 2. The summed E-state index contributed by atoms with van der Waals surface area (Å²) in [5.74, 6) is -0.172. The monoisotopic (exact) mass is 377 g/mol. The van der Waals surface area contributed by atoms with E-state index in [4.69, 9.17) is 0 Å². The van der Waals surface area contributed by atoms with Crippen molar-refractivity contribution in [2.45, 2.75) is 20.8 Å². The van der Waals surface area contributed by atoms with Gasteiger partial charge in [0, 0.05) is 12.6 Å². The Kier molecular flexibility index (Phi) is 6.72. The number of nitrogens with one attached hydrogen (secondary N) is 2. The van der Waals surface area contributed by atoms with Gasteiger partial charge in [-0.05, 0) is 31.5 Å². The first-order valence-corrected chi connectivity index (χ1v) is 9.54. The smallest absolute Gasteiger partial charge is 0.236 e. The summed E-state index contributed by atoms with van der Waals surface area (Å²) in [6.07, 6.45) is 0. The highest BCUT2D eigenvalue weighted by Crippen LogP contribution is 2.23. The molecule has 0 spiro atoms. The minimum Gasteiger partial charge on any atom is -0.325 e. The number of carbonyl (C=O) groups excluding carboxylic acids is 3. The van der Waals surface area contributed by atoms with E-state index >= 15 is 0 Å². The lowest BCUT2D eigenvalue weighted by Crippen LogP contribution is -2.18. The lowest BCUT2D eigenvalue weighted by Gasteiger charge is -2.06. The molecule has 0 aliphatic carbocycles. The van der Waals surface area contributed by atoms with Crippen LogP contribution in [0, 0.1) is 13.8 Å². The molecular weight excluding hydrogens is 358 g/mol. The quantitative estimate of drug-likeness (QED) is 0.723. The van der Waals surface area contributed by atoms with Gasteiger partial charge in [0.2, 0.25) is 11.8 Å². The van der Waals surface area contributed by atoms with Crippen LogP contribution in [0.3, 0.4) is 0 Å². The number of hydrogen-bond donors (Lipinski definition) is 2. The fraction of sp³-hybridized carbons (Fsp3) is 0.294. The standard InChI is InChI=1S/C17H19N3O3S2/c1-10-5-4-6-13(7-10)19-14(22)8-24-9-15(23)20-17-18-11(2)16(25-17)12(3)21/h4-7H,8-9H2,1-3H3,(H,19,22)(H,18,20,23). The number of ketones is 1. The van der Waals surface area contributed by atoms with Gasteiger partial charge in [-0.2, -0.15) is 0 Å². The molecule has 1 heterocycles. The van der Waals surface area contributed by atoms with Gasteiger partial charge < -0.3 is 10.6 Å². The SMILES string of the molecule is CC(=O)c1sc(NC(=O)CSCC(=O)Nc2cccc(C)c2)nc1C. The number of benzene rings is 1. The first kappa shape index (κ1) is 19.1. The summed E-state index contributed by atoms with van der Waals surface area (Å²) in [4.78, 5) is 39.9. The van der Waals surface area contributed by atoms with Crippen LogP contribution in [0.4, 0.5) is 10.8 Å². The molecule has 6 nitrogen and oxygen atoms in total. The Bertz CT molecular complexity index is 802. The number of hydrogen-bond acceptors (Lipinski definition) is 6. The van der Waals surface area contributed by atoms with Crippen LogP contribution >= 0.6 is 23.1 Å². The topological polar surface area (TPSA) is 88.2 Å². The van der Waals surface area contributed by atoms with Gasteiger partial charge in [-0.1, -0.05) is 23.5 Å². The molecular formula is C17H19N3O3S2. The van der Waals surface area contributed by atoms with Gasteiger partial charge in [-0.25, -0.2) is 4.98 Å². The Labute approximate surface area is 154 Å². The third-order valence-electron chi connectivity index (χ3n) is 3.13. The number of Topliss-reactive ketones (excluding diaryl/α,β-unsaturated/α-hetero) is 1. The molecule has 1 aromatic carbocycles. The van der Waals surface area contributed by atoms with Crippen molar-refractivity contribution in [3.63, 3.8) is 0 Å². The third-order valence-corrected chi connectivity index (χ3v) is 5.24. The summed E-state index contributed by atoms with van der Waals surface area (Å²) in [5, 5.41) is 5.84. The Morgan fingerprint density at radius 3 is 2.40 bits per heavy atom. The largest absolute Gasteiger partial charge is 0.325 e. The van der Waals surface area contributed by atoms with Gasteiger partial charge >= 0.3 is 0 Å². The zero-order chi connectivity index (χ0) is 18.4. The van der Waals surface area contributed by atoms with E-state index in [0.717, 1.165) is 22.6 Å². The normalized spacial score (nSPS) is 10.4. The zero-order valence-electron chi connectivity index (χ0n) is 14.2. The van der Waals surface area contributed by atoms with Gasteiger partial charge in [0.15, 0.2) is 10.9 Å². The van der Waals surface area contributed by atoms with Crippen molar-refractivity contribution in [3.8, 4) is 0 Å². The van der Waals surface area contributed by atoms with Crippen molar-refractivity contribution in [1.29, 1.82) is 0 Å². The lowest BCUT2D eigenvalue weighted by atomic mass is 10.2. The van der Waals surface area contributed by atoms with Crippen molar-refractivity contribution in [2.75, 3.05) is 22.1 Å². The Hall–Kier alpha value is -2.19. The van der Waals surface area contributed by atoms with E-state index in [1.807, 2.05) is 31.2 Å². The van der Waals surface area contributed by atoms with E-state index in [1.165, 1.54) is 18.7 Å². The molecule has 0 aliphatic heterocycles. The zero-order valence-corrected chi connectivity index (χ0v) is 15.8. The number of aromatic nitrogens is 1. The highest BCUT2D eigenvalue weighted by molar-refractivity contribution is 8.00. The minimum atomic E-state index is -0.253. The van der Waals surface area contributed by atoms with Gasteiger partial charge in [0.1, 0.15) is 0 Å². The van der Waals surface area contributed by atoms with Crippen molar-refractivity contribution >= 4 is 51.5 Å². The molecule has 0 atom stereocenters. The van der Waals surface area contributed by atoms with Gasteiger partial charge in [0.05, 0.1) is 22.1 Å². The molecule has 0 radical (unpaired) electrons. The van der Waals surface area contributed by atoms with Gasteiger partial charge in [-0.15, -0.1) is 11.8 Å². The number of anilines is 2. The van der Waals surface area contributed by atoms with Gasteiger partial charge in [-0.3, -0.25) is 14.4 Å². The molecule has 0 unspecified atom stereocenters. The van der Waals surface area contributed by atoms with Crippen molar-refractivity contribution < 1.29 is 14.4 Å². The number of thiazole rings is 1. The molecule has 0 bridgehead atoms. The summed E-state index contributed by atoms with van der Waals surface area (Å²) in [5.41, 5.74) is 2.41. The molecule has 0 fully saturated rings. The summed E-state index contributed by atoms with van der Waals surface area (Å²) in [7, 11) is 0. The van der Waals surface area contributed by atoms with Crippen LogP contribution in [0.25, 0.3) is 0 Å². The summed E-state index contributed by atoms with van der Waals surface area (Å²) in [6.45, 7) is 5.15. The van der Waals surface area contributed by atoms with Crippen LogP contribution in [0.15, 0.2) is 24.3 Å². The second kappa shape index (κ2) is 8.77. The van der Waals surface area contributed by atoms with Crippen LogP contribution in [0.1, 0.15) is 27.9 Å². The van der Waals surface area contributed by atoms with Crippen molar-refractivity contribution in [1.82, 2.24) is 4.98 Å². The van der Waals surface area contributed by atoms with Crippen LogP contribution in [0.5, 0.6) is 0 Å². The van der Waals surface area contributed by atoms with Crippen LogP contribution < -0.4 is 10.6 Å². The Balaban J connectivity index is 1.75. The van der Waals surface area contributed by atoms with Crippen molar-refractivity contribution in [3.05, 3.63) is 40.4 Å². The first-order valence-electron chi connectivity index (χ1n) is 7.57. The van der Waals surface area contributed by atoms with E-state index in [-0.39, 0.29) is 29.1 Å². The second-order valence-corrected chi connectivity index (χ2v) is 7.43.